The fraction of sp³-hybridized carbons (Fsp3) is 0.312. The number of rotatable bonds is 3. The van der Waals surface area contributed by atoms with E-state index >= 15 is 0 Å². The monoisotopic (exact) mass is 302 g/mol. The van der Waals surface area contributed by atoms with E-state index in [0.29, 0.717) is 0 Å². The molecule has 3 rings (SSSR count). The Balaban J connectivity index is 1.97. The summed E-state index contributed by atoms with van der Waals surface area (Å²) in [6, 6.07) is 8.19. The average Bonchev–Trinajstić information content (AvgIpc) is 2.90. The van der Waals surface area contributed by atoms with Gasteiger partial charge in [0.15, 0.2) is 0 Å². The van der Waals surface area contributed by atoms with E-state index in [1.165, 1.54) is 21.6 Å². The van der Waals surface area contributed by atoms with Crippen LogP contribution in [0.15, 0.2) is 24.3 Å². The molecule has 0 unspecified atom stereocenters. The number of aryl methyl sites for hydroxylation is 2. The van der Waals surface area contributed by atoms with E-state index in [2.05, 4.69) is 17.6 Å². The van der Waals surface area contributed by atoms with Crippen LogP contribution >= 0.6 is 11.3 Å². The van der Waals surface area contributed by atoms with E-state index in [9.17, 15) is 4.79 Å². The molecule has 110 valence electrons. The van der Waals surface area contributed by atoms with Crippen molar-refractivity contribution in [2.24, 2.45) is 0 Å². The molecule has 1 heterocycles. The normalized spacial score (nSPS) is 12.8. The highest BCUT2D eigenvalue weighted by Gasteiger charge is 2.22. The van der Waals surface area contributed by atoms with E-state index in [4.69, 9.17) is 4.74 Å². The Kier molecular flexibility index (Phi) is 3.69. The van der Waals surface area contributed by atoms with Crippen molar-refractivity contribution in [1.82, 2.24) is 10.4 Å². The third kappa shape index (κ3) is 2.66. The molecule has 0 radical (unpaired) electrons. The molecule has 1 aliphatic carbocycles. The van der Waals surface area contributed by atoms with Gasteiger partial charge in [0.2, 0.25) is 0 Å². The van der Waals surface area contributed by atoms with E-state index in [1.807, 2.05) is 26.2 Å². The molecule has 2 aromatic rings. The molecule has 0 spiro atoms. The second kappa shape index (κ2) is 5.50. The molecule has 1 aliphatic rings. The Hall–Kier alpha value is -1.85. The predicted octanol–water partition coefficient (Wildman–Crippen LogP) is 2.73. The van der Waals surface area contributed by atoms with Crippen molar-refractivity contribution in [3.8, 4) is 16.2 Å². The summed E-state index contributed by atoms with van der Waals surface area (Å²) in [5.74, 6) is 0.841. The lowest BCUT2D eigenvalue weighted by molar-refractivity contribution is 0.0861. The maximum Gasteiger partial charge on any atom is 0.275 e. The van der Waals surface area contributed by atoms with Gasteiger partial charge < -0.3 is 4.74 Å². The van der Waals surface area contributed by atoms with Gasteiger partial charge in [-0.05, 0) is 53.8 Å². The number of ether oxygens (including phenoxy) is 1. The highest BCUT2D eigenvalue weighted by atomic mass is 32.1. The van der Waals surface area contributed by atoms with Crippen LogP contribution in [0.3, 0.4) is 0 Å². The largest absolute Gasteiger partial charge is 0.497 e. The van der Waals surface area contributed by atoms with Crippen LogP contribution in [-0.4, -0.2) is 32.1 Å². The molecule has 1 N–H and O–H groups in total. The average molecular weight is 302 g/mol. The van der Waals surface area contributed by atoms with Crippen LogP contribution in [0.1, 0.15) is 20.8 Å². The molecular formula is C16H18N2O2S. The topological polar surface area (TPSA) is 41.6 Å². The third-order valence-corrected chi connectivity index (χ3v) is 4.79. The molecule has 5 heteroatoms. The molecule has 0 saturated heterocycles. The summed E-state index contributed by atoms with van der Waals surface area (Å²) in [6.07, 6.45) is 1.96. The molecular weight excluding hydrogens is 284 g/mol. The molecule has 1 aromatic heterocycles. The summed E-state index contributed by atoms with van der Waals surface area (Å²) >= 11 is 1.56. The Morgan fingerprint density at radius 1 is 1.24 bits per heavy atom. The summed E-state index contributed by atoms with van der Waals surface area (Å²) < 4.78 is 5.29. The van der Waals surface area contributed by atoms with E-state index < -0.39 is 0 Å². The van der Waals surface area contributed by atoms with Crippen LogP contribution in [0.2, 0.25) is 0 Å². The number of nitrogens with one attached hydrogen (secondary N) is 1. The van der Waals surface area contributed by atoms with Gasteiger partial charge in [-0.2, -0.15) is 0 Å². The van der Waals surface area contributed by atoms with Crippen molar-refractivity contribution in [3.63, 3.8) is 0 Å². The lowest BCUT2D eigenvalue weighted by Gasteiger charge is -2.16. The number of nitrogens with zero attached hydrogens (tertiary/aromatic N) is 1. The number of hydrogen-bond donors (Lipinski definition) is 1. The first-order chi connectivity index (χ1) is 10.1. The zero-order valence-corrected chi connectivity index (χ0v) is 13.2. The molecule has 0 saturated carbocycles. The summed E-state index contributed by atoms with van der Waals surface area (Å²) in [7, 11) is 5.31. The zero-order valence-electron chi connectivity index (χ0n) is 12.4. The van der Waals surface area contributed by atoms with Crippen molar-refractivity contribution >= 4 is 17.2 Å². The number of methoxy groups -OCH3 is 1. The molecule has 21 heavy (non-hydrogen) atoms. The summed E-state index contributed by atoms with van der Waals surface area (Å²) in [6.45, 7) is 0. The molecule has 0 aliphatic heterocycles. The first-order valence-electron chi connectivity index (χ1n) is 6.87. The van der Waals surface area contributed by atoms with Crippen molar-refractivity contribution < 1.29 is 9.53 Å². The van der Waals surface area contributed by atoms with Gasteiger partial charge >= 0.3 is 0 Å². The van der Waals surface area contributed by atoms with Crippen LogP contribution in [0, 0.1) is 0 Å². The first kappa shape index (κ1) is 14.1. The summed E-state index contributed by atoms with van der Waals surface area (Å²) in [5.41, 5.74) is 6.58. The maximum atomic E-state index is 12.1. The quantitative estimate of drug-likeness (QED) is 0.886. The summed E-state index contributed by atoms with van der Waals surface area (Å²) in [5, 5.41) is 1.67. The van der Waals surface area contributed by atoms with Crippen LogP contribution < -0.4 is 10.2 Å². The Morgan fingerprint density at radius 3 is 2.71 bits per heavy atom. The number of fused-ring (bicyclic) bond motifs is 3. The van der Waals surface area contributed by atoms with Gasteiger partial charge in [0.05, 0.1) is 12.0 Å². The SMILES string of the molecule is COc1ccc2c(c1)CCc1cc(C(=O)NN(C)C)sc1-2. The van der Waals surface area contributed by atoms with Gasteiger partial charge in [0.25, 0.3) is 5.91 Å². The minimum absolute atomic E-state index is 0.0468. The van der Waals surface area contributed by atoms with Crippen LogP contribution in [0.5, 0.6) is 5.75 Å². The van der Waals surface area contributed by atoms with Crippen molar-refractivity contribution in [1.29, 1.82) is 0 Å². The fourth-order valence-electron chi connectivity index (χ4n) is 2.61. The van der Waals surface area contributed by atoms with Gasteiger partial charge in [-0.3, -0.25) is 10.2 Å². The van der Waals surface area contributed by atoms with Gasteiger partial charge in [0.1, 0.15) is 5.75 Å². The van der Waals surface area contributed by atoms with Gasteiger partial charge in [0, 0.05) is 19.0 Å². The number of benzene rings is 1. The number of amides is 1. The minimum atomic E-state index is -0.0468. The summed E-state index contributed by atoms with van der Waals surface area (Å²) in [4.78, 5) is 14.1. The van der Waals surface area contributed by atoms with E-state index in [-0.39, 0.29) is 5.91 Å². The van der Waals surface area contributed by atoms with Crippen molar-refractivity contribution in [3.05, 3.63) is 40.3 Å². The van der Waals surface area contributed by atoms with E-state index in [1.54, 1.807) is 23.5 Å². The lowest BCUT2D eigenvalue weighted by atomic mass is 9.91. The molecule has 4 nitrogen and oxygen atoms in total. The number of hydrogen-bond acceptors (Lipinski definition) is 4. The van der Waals surface area contributed by atoms with Crippen molar-refractivity contribution in [2.45, 2.75) is 12.8 Å². The second-order valence-electron chi connectivity index (χ2n) is 5.32. The van der Waals surface area contributed by atoms with Crippen LogP contribution in [0.25, 0.3) is 10.4 Å². The minimum Gasteiger partial charge on any atom is -0.497 e. The van der Waals surface area contributed by atoms with Crippen LogP contribution in [-0.2, 0) is 12.8 Å². The van der Waals surface area contributed by atoms with Gasteiger partial charge in [-0.15, -0.1) is 11.3 Å². The number of carbonyl (C=O) groups is 1. The number of carbonyl (C=O) groups excluding carboxylic acids is 1. The Morgan fingerprint density at radius 2 is 2.00 bits per heavy atom. The molecule has 1 amide bonds. The smallest absolute Gasteiger partial charge is 0.275 e. The standard InChI is InChI=1S/C16H18N2O2S/c1-18(2)17-16(19)14-9-11-5-4-10-8-12(20-3)6-7-13(10)15(11)21-14/h6-9H,4-5H2,1-3H3,(H,17,19). The predicted molar refractivity (Wildman–Crippen MR) is 84.9 cm³/mol. The highest BCUT2D eigenvalue weighted by Crippen LogP contribution is 2.40. The Labute approximate surface area is 128 Å². The van der Waals surface area contributed by atoms with Gasteiger partial charge in [-0.25, -0.2) is 5.01 Å². The molecule has 1 aromatic carbocycles. The van der Waals surface area contributed by atoms with Gasteiger partial charge in [-0.1, -0.05) is 0 Å². The fourth-order valence-corrected chi connectivity index (χ4v) is 3.77. The van der Waals surface area contributed by atoms with Crippen molar-refractivity contribution in [2.75, 3.05) is 21.2 Å². The van der Waals surface area contributed by atoms with E-state index in [0.717, 1.165) is 23.5 Å². The molecule has 0 atom stereocenters. The molecule has 0 fully saturated rings. The number of thiophene rings is 1. The lowest BCUT2D eigenvalue weighted by Crippen LogP contribution is -2.35. The number of hydrazine groups is 1. The highest BCUT2D eigenvalue weighted by molar-refractivity contribution is 7.17. The molecule has 0 bridgehead atoms. The third-order valence-electron chi connectivity index (χ3n) is 3.58. The Bertz CT molecular complexity index is 692. The first-order valence-corrected chi connectivity index (χ1v) is 7.68. The van der Waals surface area contributed by atoms with Crippen LogP contribution in [0.4, 0.5) is 0 Å². The zero-order chi connectivity index (χ0) is 15.0. The second-order valence-corrected chi connectivity index (χ2v) is 6.38. The maximum absolute atomic E-state index is 12.1.